The molecule has 0 aromatic carbocycles. The summed E-state index contributed by atoms with van der Waals surface area (Å²) in [6.07, 6.45) is 3.87. The predicted molar refractivity (Wildman–Crippen MR) is 40.7 cm³/mol. The van der Waals surface area contributed by atoms with Gasteiger partial charge in [0.1, 0.15) is 0 Å². The van der Waals surface area contributed by atoms with Crippen molar-refractivity contribution in [2.24, 2.45) is 5.11 Å². The van der Waals surface area contributed by atoms with Crippen LogP contribution < -0.4 is 4.57 Å². The second-order valence-electron chi connectivity index (χ2n) is 2.07. The lowest BCUT2D eigenvalue weighted by Crippen LogP contribution is -2.33. The van der Waals surface area contributed by atoms with Crippen LogP contribution in [0.2, 0.25) is 0 Å². The topological polar surface area (TPSA) is 52.6 Å². The third-order valence-corrected chi connectivity index (χ3v) is 1.30. The minimum atomic E-state index is 0.505. The molecular weight excluding hydrogens is 140 g/mol. The summed E-state index contributed by atoms with van der Waals surface area (Å²) in [6.45, 7) is 1.25. The van der Waals surface area contributed by atoms with Gasteiger partial charge in [0.2, 0.25) is 0 Å². The third kappa shape index (κ3) is 2.69. The summed E-state index contributed by atoms with van der Waals surface area (Å²) in [5, 5.41) is 3.43. The van der Waals surface area contributed by atoms with E-state index in [1.54, 1.807) is 0 Å². The van der Waals surface area contributed by atoms with E-state index in [0.717, 1.165) is 6.54 Å². The number of nitrogens with zero attached hydrogens (tertiary/aromatic N) is 4. The van der Waals surface area contributed by atoms with Crippen LogP contribution in [0.3, 0.4) is 0 Å². The van der Waals surface area contributed by atoms with Gasteiger partial charge in [0, 0.05) is 17.0 Å². The van der Waals surface area contributed by atoms with E-state index >= 15 is 0 Å². The molecule has 4 heteroatoms. The summed E-state index contributed by atoms with van der Waals surface area (Å²) in [6, 6.07) is 5.83. The Hall–Kier alpha value is -1.54. The minimum absolute atomic E-state index is 0.505. The van der Waals surface area contributed by atoms with Gasteiger partial charge in [0.15, 0.2) is 18.9 Å². The highest BCUT2D eigenvalue weighted by Crippen LogP contribution is 1.77. The molecule has 56 valence electrons. The molecule has 0 saturated carbocycles. The van der Waals surface area contributed by atoms with Gasteiger partial charge in [-0.2, -0.15) is 0 Å². The Labute approximate surface area is 64.7 Å². The highest BCUT2D eigenvalue weighted by Gasteiger charge is 1.93. The number of pyridine rings is 1. The van der Waals surface area contributed by atoms with Gasteiger partial charge in [0.05, 0.1) is 6.54 Å². The van der Waals surface area contributed by atoms with E-state index < -0.39 is 0 Å². The zero-order valence-corrected chi connectivity index (χ0v) is 6.09. The lowest BCUT2D eigenvalue weighted by atomic mass is 10.5. The normalized spacial score (nSPS) is 8.73. The molecular formula is C7H9N4+. The van der Waals surface area contributed by atoms with Crippen molar-refractivity contribution in [1.82, 2.24) is 0 Å². The Morgan fingerprint density at radius 1 is 1.27 bits per heavy atom. The first-order chi connectivity index (χ1) is 5.43. The quantitative estimate of drug-likeness (QED) is 0.269. The largest absolute Gasteiger partial charge is 0.205 e. The molecule has 0 aliphatic heterocycles. The summed E-state index contributed by atoms with van der Waals surface area (Å²) in [5.74, 6) is 0. The van der Waals surface area contributed by atoms with Gasteiger partial charge in [-0.3, -0.25) is 0 Å². The molecule has 0 bridgehead atoms. The van der Waals surface area contributed by atoms with Crippen molar-refractivity contribution in [1.29, 1.82) is 0 Å². The third-order valence-electron chi connectivity index (χ3n) is 1.30. The zero-order chi connectivity index (χ0) is 7.94. The average Bonchev–Trinajstić information content (AvgIpc) is 2.07. The summed E-state index contributed by atoms with van der Waals surface area (Å²) < 4.78 is 1.97. The molecule has 1 aromatic rings. The standard InChI is InChI=1S/C7H9N4/c8-10-9-4-7-11-5-2-1-3-6-11/h1-3,5-6H,4,7H2/q+1. The fraction of sp³-hybridized carbons (Fsp3) is 0.286. The van der Waals surface area contributed by atoms with Gasteiger partial charge in [-0.15, -0.1) is 0 Å². The van der Waals surface area contributed by atoms with Crippen molar-refractivity contribution >= 4 is 0 Å². The maximum atomic E-state index is 7.99. The fourth-order valence-electron chi connectivity index (χ4n) is 0.788. The second kappa shape index (κ2) is 4.30. The highest BCUT2D eigenvalue weighted by atomic mass is 15.1. The summed E-state index contributed by atoms with van der Waals surface area (Å²) in [5.41, 5.74) is 7.99. The van der Waals surface area contributed by atoms with E-state index in [9.17, 15) is 0 Å². The monoisotopic (exact) mass is 149 g/mol. The van der Waals surface area contributed by atoms with Crippen molar-refractivity contribution in [2.45, 2.75) is 6.54 Å². The van der Waals surface area contributed by atoms with Crippen molar-refractivity contribution in [3.05, 3.63) is 41.0 Å². The second-order valence-corrected chi connectivity index (χ2v) is 2.07. The molecule has 0 aliphatic carbocycles. The first-order valence-electron chi connectivity index (χ1n) is 3.38. The molecule has 0 fully saturated rings. The Morgan fingerprint density at radius 3 is 2.64 bits per heavy atom. The summed E-state index contributed by atoms with van der Waals surface area (Å²) >= 11 is 0. The molecule has 0 N–H and O–H groups in total. The van der Waals surface area contributed by atoms with Crippen LogP contribution in [-0.4, -0.2) is 6.54 Å². The van der Waals surface area contributed by atoms with Crippen molar-refractivity contribution < 1.29 is 4.57 Å². The average molecular weight is 149 g/mol. The molecule has 0 aliphatic rings. The molecule has 1 aromatic heterocycles. The van der Waals surface area contributed by atoms with Crippen LogP contribution in [0, 0.1) is 0 Å². The van der Waals surface area contributed by atoms with E-state index in [1.165, 1.54) is 0 Å². The van der Waals surface area contributed by atoms with Crippen LogP contribution in [0.5, 0.6) is 0 Å². The molecule has 1 heterocycles. The molecule has 4 nitrogen and oxygen atoms in total. The van der Waals surface area contributed by atoms with Gasteiger partial charge in [-0.25, -0.2) is 4.57 Å². The molecule has 11 heavy (non-hydrogen) atoms. The molecule has 0 saturated heterocycles. The van der Waals surface area contributed by atoms with Crippen molar-refractivity contribution in [2.75, 3.05) is 6.54 Å². The maximum Gasteiger partial charge on any atom is 0.168 e. The highest BCUT2D eigenvalue weighted by molar-refractivity contribution is 4.83. The number of hydrogen-bond donors (Lipinski definition) is 0. The smallest absolute Gasteiger partial charge is 0.168 e. The van der Waals surface area contributed by atoms with Crippen LogP contribution in [0.4, 0.5) is 0 Å². The van der Waals surface area contributed by atoms with Gasteiger partial charge in [-0.1, -0.05) is 11.2 Å². The molecule has 0 amide bonds. The van der Waals surface area contributed by atoms with Crippen LogP contribution in [-0.2, 0) is 6.54 Å². The zero-order valence-electron chi connectivity index (χ0n) is 6.09. The van der Waals surface area contributed by atoms with E-state index in [2.05, 4.69) is 10.0 Å². The fourth-order valence-corrected chi connectivity index (χ4v) is 0.788. The van der Waals surface area contributed by atoms with Crippen LogP contribution >= 0.6 is 0 Å². The predicted octanol–water partition coefficient (Wildman–Crippen LogP) is 1.28. The molecule has 1 rings (SSSR count). The Morgan fingerprint density at radius 2 is 2.00 bits per heavy atom. The van der Waals surface area contributed by atoms with Gasteiger partial charge < -0.3 is 0 Å². The molecule has 0 unspecified atom stereocenters. The molecule has 0 radical (unpaired) electrons. The number of hydrogen-bond acceptors (Lipinski definition) is 1. The van der Waals surface area contributed by atoms with Crippen molar-refractivity contribution in [3.8, 4) is 0 Å². The maximum absolute atomic E-state index is 7.99. The first-order valence-corrected chi connectivity index (χ1v) is 3.38. The lowest BCUT2D eigenvalue weighted by molar-refractivity contribution is -0.694. The van der Waals surface area contributed by atoms with E-state index in [1.807, 2.05) is 35.2 Å². The van der Waals surface area contributed by atoms with E-state index in [-0.39, 0.29) is 0 Å². The summed E-state index contributed by atoms with van der Waals surface area (Å²) in [7, 11) is 0. The van der Waals surface area contributed by atoms with Crippen LogP contribution in [0.25, 0.3) is 10.4 Å². The number of rotatable bonds is 3. The van der Waals surface area contributed by atoms with Crippen LogP contribution in [0.1, 0.15) is 0 Å². The first kappa shape index (κ1) is 7.57. The van der Waals surface area contributed by atoms with E-state index in [0.29, 0.717) is 6.54 Å². The van der Waals surface area contributed by atoms with Gasteiger partial charge >= 0.3 is 0 Å². The van der Waals surface area contributed by atoms with Crippen LogP contribution in [0.15, 0.2) is 35.7 Å². The Bertz CT molecular complexity index is 250. The molecule has 0 spiro atoms. The molecule has 0 atom stereocenters. The minimum Gasteiger partial charge on any atom is -0.205 e. The lowest BCUT2D eigenvalue weighted by Gasteiger charge is -1.89. The van der Waals surface area contributed by atoms with Gasteiger partial charge in [0.25, 0.3) is 0 Å². The Balaban J connectivity index is 2.45. The Kier molecular flexibility index (Phi) is 2.96. The van der Waals surface area contributed by atoms with Crippen molar-refractivity contribution in [3.63, 3.8) is 0 Å². The SMILES string of the molecule is [N-]=[N+]=NCC[n+]1ccccc1. The number of aromatic nitrogens is 1. The summed E-state index contributed by atoms with van der Waals surface area (Å²) in [4.78, 5) is 2.66. The van der Waals surface area contributed by atoms with E-state index in [4.69, 9.17) is 5.53 Å². The van der Waals surface area contributed by atoms with Gasteiger partial charge in [-0.05, 0) is 5.53 Å². The number of azide groups is 1.